The van der Waals surface area contributed by atoms with E-state index in [1.54, 1.807) is 0 Å². The van der Waals surface area contributed by atoms with Crippen molar-refractivity contribution in [1.29, 1.82) is 0 Å². The van der Waals surface area contributed by atoms with Crippen molar-refractivity contribution in [3.05, 3.63) is 11.5 Å². The second-order valence-corrected chi connectivity index (χ2v) is 5.78. The normalized spacial score (nSPS) is 22.3. The zero-order valence-corrected chi connectivity index (χ0v) is 12.6. The molecule has 0 spiro atoms. The average molecular weight is 281 g/mol. The molecule has 1 aliphatic rings. The van der Waals surface area contributed by atoms with Crippen molar-refractivity contribution >= 4 is 22.8 Å². The van der Waals surface area contributed by atoms with E-state index >= 15 is 0 Å². The molecule has 2 aromatic heterocycles. The minimum atomic E-state index is 0.605. The molecule has 0 N–H and O–H groups in total. The van der Waals surface area contributed by atoms with E-state index in [0.29, 0.717) is 11.9 Å². The Kier molecular flexibility index (Phi) is 3.29. The summed E-state index contributed by atoms with van der Waals surface area (Å²) in [6.07, 6.45) is 4.27. The number of hydrogen-bond acceptors (Lipinski definition) is 2. The zero-order chi connectivity index (χ0) is 13.6. The summed E-state index contributed by atoms with van der Waals surface area (Å²) >= 11 is 5.94. The van der Waals surface area contributed by atoms with Gasteiger partial charge in [0.15, 0.2) is 5.65 Å². The summed E-state index contributed by atoms with van der Waals surface area (Å²) in [5.74, 6) is 2.56. The van der Waals surface area contributed by atoms with Crippen LogP contribution in [0.25, 0.3) is 11.2 Å². The highest BCUT2D eigenvalue weighted by molar-refractivity contribution is 6.17. The minimum Gasteiger partial charge on any atom is -0.309 e. The van der Waals surface area contributed by atoms with Crippen molar-refractivity contribution in [3.8, 4) is 0 Å². The van der Waals surface area contributed by atoms with Crippen LogP contribution in [0.2, 0.25) is 0 Å². The molecule has 2 unspecified atom stereocenters. The Balaban J connectivity index is 2.15. The fourth-order valence-corrected chi connectivity index (χ4v) is 3.25. The number of halogens is 1. The number of imidazole rings is 1. The van der Waals surface area contributed by atoms with Gasteiger partial charge in [0.25, 0.3) is 0 Å². The van der Waals surface area contributed by atoms with Crippen LogP contribution in [-0.2, 0) is 19.9 Å². The molecule has 2 aromatic rings. The van der Waals surface area contributed by atoms with Gasteiger partial charge in [-0.2, -0.15) is 5.10 Å². The van der Waals surface area contributed by atoms with Gasteiger partial charge >= 0.3 is 0 Å². The molecule has 19 heavy (non-hydrogen) atoms. The minimum absolute atomic E-state index is 0.605. The first-order valence-electron chi connectivity index (χ1n) is 7.19. The molecule has 2 atom stereocenters. The van der Waals surface area contributed by atoms with Crippen molar-refractivity contribution in [3.63, 3.8) is 0 Å². The molecule has 2 heterocycles. The van der Waals surface area contributed by atoms with Crippen molar-refractivity contribution in [2.24, 2.45) is 13.0 Å². The summed E-state index contributed by atoms with van der Waals surface area (Å²) in [5.41, 5.74) is 3.35. The molecule has 0 radical (unpaired) electrons. The molecule has 1 saturated carbocycles. The number of aryl methyl sites for hydroxylation is 3. The molecule has 3 rings (SSSR count). The van der Waals surface area contributed by atoms with Crippen LogP contribution in [-0.4, -0.2) is 25.2 Å². The van der Waals surface area contributed by atoms with E-state index in [9.17, 15) is 0 Å². The van der Waals surface area contributed by atoms with E-state index in [4.69, 9.17) is 16.6 Å². The quantitative estimate of drug-likeness (QED) is 0.789. The summed E-state index contributed by atoms with van der Waals surface area (Å²) in [7, 11) is 2.02. The Morgan fingerprint density at radius 3 is 2.74 bits per heavy atom. The van der Waals surface area contributed by atoms with Gasteiger partial charge in [0.2, 0.25) is 0 Å². The van der Waals surface area contributed by atoms with E-state index in [1.807, 2.05) is 11.7 Å². The van der Waals surface area contributed by atoms with Crippen molar-refractivity contribution in [2.75, 3.05) is 5.88 Å². The van der Waals surface area contributed by atoms with E-state index in [2.05, 4.69) is 23.5 Å². The van der Waals surface area contributed by atoms with Crippen molar-refractivity contribution in [2.45, 2.75) is 45.6 Å². The Bertz CT molecular complexity index is 598. The lowest BCUT2D eigenvalue weighted by molar-refractivity contribution is 0.607. The van der Waals surface area contributed by atoms with Gasteiger partial charge in [-0.05, 0) is 18.8 Å². The zero-order valence-electron chi connectivity index (χ0n) is 11.9. The molecule has 0 saturated heterocycles. The van der Waals surface area contributed by atoms with Crippen molar-refractivity contribution in [1.82, 2.24) is 19.3 Å². The van der Waals surface area contributed by atoms with Gasteiger partial charge in [-0.1, -0.05) is 20.3 Å². The second kappa shape index (κ2) is 4.82. The summed E-state index contributed by atoms with van der Waals surface area (Å²) < 4.78 is 4.39. The van der Waals surface area contributed by atoms with Crippen LogP contribution in [0, 0.1) is 5.92 Å². The summed E-state index contributed by atoms with van der Waals surface area (Å²) in [5, 5.41) is 4.59. The van der Waals surface area contributed by atoms with Gasteiger partial charge in [0.1, 0.15) is 11.3 Å². The lowest BCUT2D eigenvalue weighted by Gasteiger charge is -2.08. The molecular formula is C14H21ClN4. The molecular weight excluding hydrogens is 260 g/mol. The standard InChI is InChI=1S/C14H21ClN4/c1-4-9-8-11(9)19-12(6-7-15)16-13-10(5-2)17-18(3)14(13)19/h9,11H,4-8H2,1-3H3. The van der Waals surface area contributed by atoms with Gasteiger partial charge in [0, 0.05) is 25.4 Å². The largest absolute Gasteiger partial charge is 0.309 e. The van der Waals surface area contributed by atoms with Crippen LogP contribution in [0.15, 0.2) is 0 Å². The summed E-state index contributed by atoms with van der Waals surface area (Å²) in [4.78, 5) is 4.82. The number of fused-ring (bicyclic) bond motifs is 1. The number of aromatic nitrogens is 4. The maximum Gasteiger partial charge on any atom is 0.158 e. The Morgan fingerprint density at radius 1 is 1.37 bits per heavy atom. The molecule has 1 aliphatic carbocycles. The first-order chi connectivity index (χ1) is 9.21. The Hall–Kier alpha value is -1.03. The third-order valence-electron chi connectivity index (χ3n) is 4.20. The molecule has 1 fully saturated rings. The Morgan fingerprint density at radius 2 is 2.16 bits per heavy atom. The summed E-state index contributed by atoms with van der Waals surface area (Å²) in [6.45, 7) is 4.40. The third kappa shape index (κ3) is 1.97. The van der Waals surface area contributed by atoms with E-state index in [1.165, 1.54) is 18.5 Å². The van der Waals surface area contributed by atoms with Crippen LogP contribution >= 0.6 is 11.6 Å². The van der Waals surface area contributed by atoms with E-state index < -0.39 is 0 Å². The monoisotopic (exact) mass is 280 g/mol. The van der Waals surface area contributed by atoms with Crippen LogP contribution < -0.4 is 0 Å². The topological polar surface area (TPSA) is 35.6 Å². The first-order valence-corrected chi connectivity index (χ1v) is 7.73. The summed E-state index contributed by atoms with van der Waals surface area (Å²) in [6, 6.07) is 0.605. The molecule has 0 aliphatic heterocycles. The molecule has 0 amide bonds. The van der Waals surface area contributed by atoms with Gasteiger partial charge in [-0.3, -0.25) is 4.68 Å². The lowest BCUT2D eigenvalue weighted by atomic mass is 10.3. The highest BCUT2D eigenvalue weighted by Crippen LogP contribution is 2.47. The van der Waals surface area contributed by atoms with Crippen LogP contribution in [0.4, 0.5) is 0 Å². The first kappa shape index (κ1) is 13.0. The lowest BCUT2D eigenvalue weighted by Crippen LogP contribution is -2.07. The Labute approximate surface area is 118 Å². The molecule has 5 heteroatoms. The van der Waals surface area contributed by atoms with Crippen molar-refractivity contribution < 1.29 is 0 Å². The molecule has 4 nitrogen and oxygen atoms in total. The fraction of sp³-hybridized carbons (Fsp3) is 0.714. The van der Waals surface area contributed by atoms with E-state index in [-0.39, 0.29) is 0 Å². The number of rotatable bonds is 5. The number of hydrogen-bond donors (Lipinski definition) is 0. The second-order valence-electron chi connectivity index (χ2n) is 5.40. The predicted molar refractivity (Wildman–Crippen MR) is 77.7 cm³/mol. The molecule has 104 valence electrons. The average Bonchev–Trinajstić information content (AvgIpc) is 2.99. The van der Waals surface area contributed by atoms with Gasteiger partial charge in [-0.15, -0.1) is 11.6 Å². The SMILES string of the molecule is CCc1nn(C)c2c1nc(CCCl)n2C1CC1CC. The maximum atomic E-state index is 5.94. The fourth-order valence-electron chi connectivity index (χ4n) is 3.08. The number of alkyl halides is 1. The van der Waals surface area contributed by atoms with Gasteiger partial charge in [-0.25, -0.2) is 4.98 Å². The van der Waals surface area contributed by atoms with Crippen LogP contribution in [0.3, 0.4) is 0 Å². The van der Waals surface area contributed by atoms with Crippen LogP contribution in [0.5, 0.6) is 0 Å². The smallest absolute Gasteiger partial charge is 0.158 e. The van der Waals surface area contributed by atoms with Crippen LogP contribution in [0.1, 0.15) is 44.2 Å². The van der Waals surface area contributed by atoms with Gasteiger partial charge < -0.3 is 4.57 Å². The molecule has 0 bridgehead atoms. The highest BCUT2D eigenvalue weighted by Gasteiger charge is 2.40. The predicted octanol–water partition coefficient (Wildman–Crippen LogP) is 3.08. The van der Waals surface area contributed by atoms with E-state index in [0.717, 1.165) is 35.8 Å². The third-order valence-corrected chi connectivity index (χ3v) is 4.39. The maximum absolute atomic E-state index is 5.94. The highest BCUT2D eigenvalue weighted by atomic mass is 35.5. The number of nitrogens with zero attached hydrogens (tertiary/aromatic N) is 4. The molecule has 0 aromatic carbocycles. The van der Waals surface area contributed by atoms with Gasteiger partial charge in [0.05, 0.1) is 5.69 Å².